The molecular formula is C28H26N6O3S. The monoisotopic (exact) mass is 526 g/mol. The number of fused-ring (bicyclic) bond motifs is 3. The number of hydrogen-bond donors (Lipinski definition) is 1. The van der Waals surface area contributed by atoms with Gasteiger partial charge in [-0.2, -0.15) is 9.78 Å². The van der Waals surface area contributed by atoms with Gasteiger partial charge in [0.25, 0.3) is 11.1 Å². The van der Waals surface area contributed by atoms with Crippen molar-refractivity contribution in [1.82, 2.24) is 19.3 Å². The Morgan fingerprint density at radius 3 is 2.74 bits per heavy atom. The lowest BCUT2D eigenvalue weighted by atomic mass is 9.97. The smallest absolute Gasteiger partial charge is 0.290 e. The lowest BCUT2D eigenvalue weighted by Crippen LogP contribution is -2.23. The van der Waals surface area contributed by atoms with Crippen LogP contribution < -0.4 is 16.4 Å². The summed E-state index contributed by atoms with van der Waals surface area (Å²) in [7, 11) is 1.62. The van der Waals surface area contributed by atoms with Gasteiger partial charge in [-0.1, -0.05) is 12.1 Å². The molecule has 4 aromatic heterocycles. The number of hydrogen-bond acceptors (Lipinski definition) is 8. The fourth-order valence-corrected chi connectivity index (χ4v) is 6.09. The number of aldehydes is 1. The second-order valence-corrected chi connectivity index (χ2v) is 10.0. The Hall–Kier alpha value is -4.44. The van der Waals surface area contributed by atoms with Crippen LogP contribution in [0.25, 0.3) is 21.5 Å². The average molecular weight is 527 g/mol. The molecule has 5 rings (SSSR count). The Balaban J connectivity index is 1.65. The summed E-state index contributed by atoms with van der Waals surface area (Å²) in [6.07, 6.45) is 11.4. The second-order valence-electron chi connectivity index (χ2n) is 8.93. The zero-order valence-corrected chi connectivity index (χ0v) is 21.9. The highest BCUT2D eigenvalue weighted by Crippen LogP contribution is 2.35. The van der Waals surface area contributed by atoms with Crippen molar-refractivity contribution in [3.05, 3.63) is 91.2 Å². The molecule has 0 saturated heterocycles. The summed E-state index contributed by atoms with van der Waals surface area (Å²) in [5, 5.41) is 8.31. The van der Waals surface area contributed by atoms with E-state index in [0.29, 0.717) is 27.9 Å². The van der Waals surface area contributed by atoms with Crippen LogP contribution in [0.15, 0.2) is 69.1 Å². The summed E-state index contributed by atoms with van der Waals surface area (Å²) in [6, 6.07) is 6.97. The molecule has 0 amide bonds. The van der Waals surface area contributed by atoms with Gasteiger partial charge in [-0.15, -0.1) is 11.3 Å². The quantitative estimate of drug-likeness (QED) is 0.166. The molecule has 0 unspecified atom stereocenters. The largest absolute Gasteiger partial charge is 0.336 e. The number of carbonyl (C=O) groups excluding carboxylic acids is 1. The van der Waals surface area contributed by atoms with Gasteiger partial charge in [-0.25, -0.2) is 9.98 Å². The number of carbonyl (C=O) groups is 1. The van der Waals surface area contributed by atoms with Crippen LogP contribution in [0, 0.1) is 0 Å². The number of aryl methyl sites for hydroxylation is 3. The topological polar surface area (TPSA) is 111 Å². The highest BCUT2D eigenvalue weighted by Gasteiger charge is 2.22. The summed E-state index contributed by atoms with van der Waals surface area (Å²) in [5.41, 5.74) is 2.05. The Morgan fingerprint density at radius 2 is 2.03 bits per heavy atom. The Kier molecular flexibility index (Phi) is 6.97. The van der Waals surface area contributed by atoms with Gasteiger partial charge >= 0.3 is 0 Å². The predicted octanol–water partition coefficient (Wildman–Crippen LogP) is 4.35. The molecule has 10 heteroatoms. The van der Waals surface area contributed by atoms with Crippen molar-refractivity contribution in [2.75, 3.05) is 5.32 Å². The first-order valence-corrected chi connectivity index (χ1v) is 13.0. The minimum atomic E-state index is -0.336. The number of aromatic nitrogens is 4. The molecule has 0 atom stereocenters. The first kappa shape index (κ1) is 25.2. The summed E-state index contributed by atoms with van der Waals surface area (Å²) in [5.74, 6) is 0.533. The minimum Gasteiger partial charge on any atom is -0.336 e. The molecular weight excluding hydrogens is 500 g/mol. The van der Waals surface area contributed by atoms with Crippen LogP contribution >= 0.6 is 11.3 Å². The molecule has 4 heterocycles. The van der Waals surface area contributed by atoms with E-state index in [0.717, 1.165) is 35.8 Å². The standard InChI is InChI=1S/C28H26N6O3S/c1-4-18(17-13-22(27(36)33(3)15-17)32-24-11-7-8-12-30-24)21(16-35)26(29-2)34-28(37)25-20(14-31-34)19-9-5-6-10-23(19)38-25/h4,7-8,11-16H,2,5-6,9-10H2,1,3H3,(H,30,32)/b18-4-,26-21+. The third-order valence-electron chi connectivity index (χ3n) is 6.61. The van der Waals surface area contributed by atoms with E-state index in [4.69, 9.17) is 0 Å². The summed E-state index contributed by atoms with van der Waals surface area (Å²) >= 11 is 1.49. The van der Waals surface area contributed by atoms with Crippen molar-refractivity contribution >= 4 is 57.3 Å². The number of thiophene rings is 1. The van der Waals surface area contributed by atoms with Gasteiger partial charge in [0.15, 0.2) is 12.1 Å². The zero-order chi connectivity index (χ0) is 26.8. The summed E-state index contributed by atoms with van der Waals surface area (Å²) in [4.78, 5) is 48.4. The Labute approximate surface area is 222 Å². The van der Waals surface area contributed by atoms with E-state index in [1.54, 1.807) is 56.8 Å². The van der Waals surface area contributed by atoms with Crippen molar-refractivity contribution in [1.29, 1.82) is 0 Å². The molecule has 0 bridgehead atoms. The number of allylic oxidation sites excluding steroid dienone is 3. The first-order chi connectivity index (χ1) is 18.5. The van der Waals surface area contributed by atoms with Crippen LogP contribution in [0.3, 0.4) is 0 Å². The fourth-order valence-electron chi connectivity index (χ4n) is 4.80. The number of anilines is 2. The number of rotatable bonds is 7. The molecule has 38 heavy (non-hydrogen) atoms. The molecule has 0 saturated carbocycles. The maximum Gasteiger partial charge on any atom is 0.290 e. The maximum absolute atomic E-state index is 13.6. The normalized spacial score (nSPS) is 14.1. The van der Waals surface area contributed by atoms with Gasteiger partial charge in [-0.05, 0) is 68.7 Å². The number of nitrogens with zero attached hydrogens (tertiary/aromatic N) is 5. The Morgan fingerprint density at radius 1 is 1.21 bits per heavy atom. The van der Waals surface area contributed by atoms with Crippen molar-refractivity contribution in [3.63, 3.8) is 0 Å². The molecule has 192 valence electrons. The maximum atomic E-state index is 13.6. The van der Waals surface area contributed by atoms with Gasteiger partial charge in [0.05, 0.1) is 11.8 Å². The summed E-state index contributed by atoms with van der Waals surface area (Å²) in [6.45, 7) is 5.41. The predicted molar refractivity (Wildman–Crippen MR) is 152 cm³/mol. The van der Waals surface area contributed by atoms with E-state index < -0.39 is 0 Å². The second kappa shape index (κ2) is 10.5. The van der Waals surface area contributed by atoms with Crippen LogP contribution in [-0.4, -0.2) is 32.3 Å². The highest BCUT2D eigenvalue weighted by molar-refractivity contribution is 7.19. The molecule has 0 aromatic carbocycles. The third-order valence-corrected chi connectivity index (χ3v) is 7.91. The summed E-state index contributed by atoms with van der Waals surface area (Å²) < 4.78 is 3.16. The lowest BCUT2D eigenvalue weighted by Gasteiger charge is -2.15. The molecule has 1 N–H and O–H groups in total. The van der Waals surface area contributed by atoms with E-state index in [2.05, 4.69) is 27.1 Å². The van der Waals surface area contributed by atoms with E-state index >= 15 is 0 Å². The molecule has 4 aromatic rings. The molecule has 0 radical (unpaired) electrons. The number of pyridine rings is 2. The lowest BCUT2D eigenvalue weighted by molar-refractivity contribution is -0.104. The third kappa shape index (κ3) is 4.43. The van der Waals surface area contributed by atoms with Crippen LogP contribution in [0.2, 0.25) is 0 Å². The van der Waals surface area contributed by atoms with Crippen LogP contribution in [-0.2, 0) is 24.7 Å². The van der Waals surface area contributed by atoms with E-state index in [1.807, 2.05) is 6.07 Å². The van der Waals surface area contributed by atoms with E-state index in [-0.39, 0.29) is 28.2 Å². The number of aliphatic imine (C=N–C) groups is 1. The first-order valence-electron chi connectivity index (χ1n) is 12.2. The van der Waals surface area contributed by atoms with Gasteiger partial charge in [-0.3, -0.25) is 14.4 Å². The van der Waals surface area contributed by atoms with Crippen LogP contribution in [0.4, 0.5) is 11.5 Å². The van der Waals surface area contributed by atoms with Crippen LogP contribution in [0.1, 0.15) is 35.8 Å². The van der Waals surface area contributed by atoms with E-state index in [1.165, 1.54) is 26.3 Å². The average Bonchev–Trinajstić information content (AvgIpc) is 3.32. The molecule has 0 spiro atoms. The SMILES string of the molecule is C=N/C(=C(C=O)\C(=C/C)c1cc(Nc2ccccn2)c(=O)n(C)c1)n1ncc2c3c(sc2c1=O)CCCC3. The van der Waals surface area contributed by atoms with Crippen LogP contribution in [0.5, 0.6) is 0 Å². The molecule has 0 aliphatic heterocycles. The van der Waals surface area contributed by atoms with Gasteiger partial charge in [0, 0.05) is 35.3 Å². The zero-order valence-electron chi connectivity index (χ0n) is 21.1. The molecule has 0 fully saturated rings. The van der Waals surface area contributed by atoms with Crippen molar-refractivity contribution in [2.24, 2.45) is 12.0 Å². The fraction of sp³-hybridized carbons (Fsp3) is 0.214. The molecule has 9 nitrogen and oxygen atoms in total. The van der Waals surface area contributed by atoms with Gasteiger partial charge in [0.1, 0.15) is 16.2 Å². The van der Waals surface area contributed by atoms with E-state index in [9.17, 15) is 14.4 Å². The van der Waals surface area contributed by atoms with Crippen molar-refractivity contribution in [2.45, 2.75) is 32.6 Å². The minimum absolute atomic E-state index is 0.0273. The van der Waals surface area contributed by atoms with Crippen molar-refractivity contribution in [3.8, 4) is 0 Å². The highest BCUT2D eigenvalue weighted by atomic mass is 32.1. The number of nitrogens with one attached hydrogen (secondary N) is 1. The Bertz CT molecular complexity index is 1740. The molecule has 1 aliphatic carbocycles. The van der Waals surface area contributed by atoms with Gasteiger partial charge in [0.2, 0.25) is 0 Å². The molecule has 1 aliphatic rings. The van der Waals surface area contributed by atoms with Gasteiger partial charge < -0.3 is 9.88 Å². The van der Waals surface area contributed by atoms with Crippen molar-refractivity contribution < 1.29 is 4.79 Å².